The van der Waals surface area contributed by atoms with Gasteiger partial charge in [-0.25, -0.2) is 4.21 Å². The van der Waals surface area contributed by atoms with E-state index in [1.165, 1.54) is 12.1 Å². The molecule has 0 unspecified atom stereocenters. The number of carbonyl (C=O) groups excluding carboxylic acids is 2. The lowest BCUT2D eigenvalue weighted by atomic mass is 9.88. The fourth-order valence-corrected chi connectivity index (χ4v) is 5.72. The number of benzene rings is 1. The van der Waals surface area contributed by atoms with Gasteiger partial charge < -0.3 is 10.2 Å². The Balaban J connectivity index is 2.08. The second-order valence-corrected chi connectivity index (χ2v) is 9.41. The standard InChI is InChI=1S/C19H23NO5S/c1-12-13(19(24)17-14(21)6-5-7-15(17)22)8-9-16(23)18(12)20-26(25)10-3-2-4-11-26/h8-9,21,23H,2-7,10-11H2,1H3. The molecule has 6 nitrogen and oxygen atoms in total. The molecule has 1 aliphatic heterocycles. The quantitative estimate of drug-likeness (QED) is 0.617. The Kier molecular flexibility index (Phi) is 5.18. The zero-order valence-corrected chi connectivity index (χ0v) is 15.6. The monoisotopic (exact) mass is 377 g/mol. The minimum absolute atomic E-state index is 0.138. The van der Waals surface area contributed by atoms with E-state index in [0.717, 1.165) is 19.3 Å². The van der Waals surface area contributed by atoms with Gasteiger partial charge in [-0.3, -0.25) is 9.59 Å². The molecule has 0 amide bonds. The average molecular weight is 377 g/mol. The molecule has 0 spiro atoms. The maximum atomic E-state index is 12.9. The fraction of sp³-hybridized carbons (Fsp3) is 0.474. The van der Waals surface area contributed by atoms with E-state index in [1.54, 1.807) is 6.92 Å². The molecule has 1 aliphatic carbocycles. The molecule has 1 aromatic carbocycles. The number of phenols is 1. The molecule has 140 valence electrons. The lowest BCUT2D eigenvalue weighted by molar-refractivity contribution is -0.116. The average Bonchev–Trinajstić information content (AvgIpc) is 2.59. The van der Waals surface area contributed by atoms with E-state index >= 15 is 0 Å². The Hall–Kier alpha value is -2.15. The molecule has 2 N–H and O–H groups in total. The summed E-state index contributed by atoms with van der Waals surface area (Å²) in [7, 11) is -2.45. The molecule has 0 aromatic heterocycles. The van der Waals surface area contributed by atoms with Crippen LogP contribution in [0.1, 0.15) is 54.4 Å². The van der Waals surface area contributed by atoms with Crippen LogP contribution in [0.3, 0.4) is 0 Å². The van der Waals surface area contributed by atoms with Crippen LogP contribution in [0.2, 0.25) is 0 Å². The van der Waals surface area contributed by atoms with E-state index in [0.29, 0.717) is 29.9 Å². The number of phenolic OH excluding ortho intramolecular Hbond substituents is 1. The highest BCUT2D eigenvalue weighted by molar-refractivity contribution is 7.93. The van der Waals surface area contributed by atoms with Gasteiger partial charge in [-0.05, 0) is 43.9 Å². The Bertz CT molecular complexity index is 910. The number of aliphatic hydroxyl groups excluding tert-OH is 1. The minimum atomic E-state index is -2.45. The second kappa shape index (κ2) is 7.23. The summed E-state index contributed by atoms with van der Waals surface area (Å²) in [5.41, 5.74) is 0.531. The van der Waals surface area contributed by atoms with Gasteiger partial charge in [-0.2, -0.15) is 4.36 Å². The van der Waals surface area contributed by atoms with Gasteiger partial charge in [0.05, 0.1) is 9.73 Å². The fourth-order valence-electron chi connectivity index (χ4n) is 3.46. The summed E-state index contributed by atoms with van der Waals surface area (Å²) in [6.45, 7) is 1.61. The first-order valence-corrected chi connectivity index (χ1v) is 10.7. The van der Waals surface area contributed by atoms with Crippen LogP contribution in [-0.2, 0) is 14.5 Å². The third kappa shape index (κ3) is 3.53. The number of allylic oxidation sites excluding steroid dienone is 2. The van der Waals surface area contributed by atoms with Gasteiger partial charge in [-0.15, -0.1) is 0 Å². The first kappa shape index (κ1) is 18.6. The Morgan fingerprint density at radius 2 is 1.77 bits per heavy atom. The van der Waals surface area contributed by atoms with Crippen LogP contribution in [0, 0.1) is 6.92 Å². The normalized spacial score (nSPS) is 20.1. The van der Waals surface area contributed by atoms with Crippen molar-refractivity contribution in [1.29, 1.82) is 0 Å². The zero-order valence-electron chi connectivity index (χ0n) is 14.8. The number of aliphatic hydroxyl groups is 1. The first-order chi connectivity index (χ1) is 12.3. The highest BCUT2D eigenvalue weighted by Crippen LogP contribution is 2.36. The highest BCUT2D eigenvalue weighted by Gasteiger charge is 2.29. The molecular weight excluding hydrogens is 354 g/mol. The van der Waals surface area contributed by atoms with E-state index in [1.807, 2.05) is 0 Å². The number of aromatic hydroxyl groups is 1. The lowest BCUT2D eigenvalue weighted by Crippen LogP contribution is -2.20. The van der Waals surface area contributed by atoms with Crippen LogP contribution < -0.4 is 0 Å². The van der Waals surface area contributed by atoms with Crippen molar-refractivity contribution in [2.24, 2.45) is 4.36 Å². The predicted molar refractivity (Wildman–Crippen MR) is 99.5 cm³/mol. The molecule has 0 saturated carbocycles. The van der Waals surface area contributed by atoms with Gasteiger partial charge in [0.1, 0.15) is 22.8 Å². The summed E-state index contributed by atoms with van der Waals surface area (Å²) < 4.78 is 17.2. The molecular formula is C19H23NO5S. The summed E-state index contributed by atoms with van der Waals surface area (Å²) in [5.74, 6) is -0.304. The smallest absolute Gasteiger partial charge is 0.200 e. The summed E-state index contributed by atoms with van der Waals surface area (Å²) in [4.78, 5) is 24.9. The summed E-state index contributed by atoms with van der Waals surface area (Å²) in [5, 5.41) is 20.2. The number of ketones is 2. The summed E-state index contributed by atoms with van der Waals surface area (Å²) in [6.07, 6.45) is 3.73. The largest absolute Gasteiger partial charge is 0.511 e. The molecule has 3 rings (SSSR count). The third-order valence-corrected chi connectivity index (χ3v) is 7.32. The van der Waals surface area contributed by atoms with Crippen molar-refractivity contribution < 1.29 is 24.0 Å². The van der Waals surface area contributed by atoms with E-state index in [9.17, 15) is 24.0 Å². The van der Waals surface area contributed by atoms with Crippen LogP contribution in [0.25, 0.3) is 0 Å². The summed E-state index contributed by atoms with van der Waals surface area (Å²) in [6, 6.07) is 2.75. The number of carbonyl (C=O) groups is 2. The van der Waals surface area contributed by atoms with Gasteiger partial charge in [0.2, 0.25) is 0 Å². The third-order valence-electron chi connectivity index (χ3n) is 4.95. The van der Waals surface area contributed by atoms with Crippen LogP contribution >= 0.6 is 0 Å². The van der Waals surface area contributed by atoms with Gasteiger partial charge in [0, 0.05) is 29.9 Å². The van der Waals surface area contributed by atoms with Gasteiger partial charge in [0.15, 0.2) is 11.6 Å². The number of hydrogen-bond acceptors (Lipinski definition) is 6. The molecule has 7 heteroatoms. The molecule has 0 radical (unpaired) electrons. The van der Waals surface area contributed by atoms with Gasteiger partial charge in [-0.1, -0.05) is 6.42 Å². The molecule has 1 fully saturated rings. The summed E-state index contributed by atoms with van der Waals surface area (Å²) >= 11 is 0. The van der Waals surface area contributed by atoms with E-state index in [-0.39, 0.29) is 40.5 Å². The van der Waals surface area contributed by atoms with Crippen molar-refractivity contribution in [3.05, 3.63) is 34.6 Å². The molecule has 0 atom stereocenters. The Labute approximate surface area is 153 Å². The molecule has 1 aromatic rings. The van der Waals surface area contributed by atoms with E-state index < -0.39 is 15.5 Å². The molecule has 26 heavy (non-hydrogen) atoms. The Morgan fingerprint density at radius 3 is 2.42 bits per heavy atom. The van der Waals surface area contributed by atoms with Crippen LogP contribution in [0.4, 0.5) is 5.69 Å². The van der Waals surface area contributed by atoms with Crippen LogP contribution in [-0.4, -0.2) is 37.5 Å². The number of rotatable bonds is 3. The van der Waals surface area contributed by atoms with E-state index in [2.05, 4.69) is 4.36 Å². The molecule has 2 aliphatic rings. The number of nitrogens with zero attached hydrogens (tertiary/aromatic N) is 1. The van der Waals surface area contributed by atoms with Crippen molar-refractivity contribution in [2.75, 3.05) is 11.5 Å². The van der Waals surface area contributed by atoms with Crippen molar-refractivity contribution >= 4 is 27.0 Å². The van der Waals surface area contributed by atoms with Crippen molar-refractivity contribution in [3.8, 4) is 5.75 Å². The lowest BCUT2D eigenvalue weighted by Gasteiger charge is -2.18. The predicted octanol–water partition coefficient (Wildman–Crippen LogP) is 3.73. The van der Waals surface area contributed by atoms with Gasteiger partial charge in [0.25, 0.3) is 0 Å². The molecule has 0 bridgehead atoms. The SMILES string of the molecule is Cc1c(C(=O)C2=C(O)CCCC2=O)ccc(O)c1N=S1(=O)CCCCC1. The van der Waals surface area contributed by atoms with Gasteiger partial charge >= 0.3 is 0 Å². The highest BCUT2D eigenvalue weighted by atomic mass is 32.2. The number of Topliss-reactive ketones (excluding diaryl/α,β-unsaturated/α-hetero) is 2. The number of hydrogen-bond donors (Lipinski definition) is 2. The first-order valence-electron chi connectivity index (χ1n) is 8.87. The van der Waals surface area contributed by atoms with E-state index in [4.69, 9.17) is 0 Å². The van der Waals surface area contributed by atoms with Crippen molar-refractivity contribution in [2.45, 2.75) is 45.4 Å². The zero-order chi connectivity index (χ0) is 18.9. The molecule has 1 saturated heterocycles. The molecule has 1 heterocycles. The Morgan fingerprint density at radius 1 is 1.08 bits per heavy atom. The van der Waals surface area contributed by atoms with Crippen molar-refractivity contribution in [1.82, 2.24) is 0 Å². The maximum Gasteiger partial charge on any atom is 0.200 e. The maximum absolute atomic E-state index is 12.9. The topological polar surface area (TPSA) is 104 Å². The minimum Gasteiger partial charge on any atom is -0.511 e. The van der Waals surface area contributed by atoms with Crippen molar-refractivity contribution in [3.63, 3.8) is 0 Å². The van der Waals surface area contributed by atoms with Crippen LogP contribution in [0.5, 0.6) is 5.75 Å². The second-order valence-electron chi connectivity index (χ2n) is 6.87. The van der Waals surface area contributed by atoms with Crippen LogP contribution in [0.15, 0.2) is 27.8 Å².